The van der Waals surface area contributed by atoms with Gasteiger partial charge in [0.15, 0.2) is 5.96 Å². The average Bonchev–Trinajstić information content (AvgIpc) is 2.86. The minimum Gasteiger partial charge on any atom is -0.370 e. The highest BCUT2D eigenvalue weighted by molar-refractivity contribution is 14.1. The first-order valence-corrected chi connectivity index (χ1v) is 14.4. The lowest BCUT2D eigenvalue weighted by atomic mass is 9.96. The lowest BCUT2D eigenvalue weighted by Crippen LogP contribution is -2.51. The van der Waals surface area contributed by atoms with Gasteiger partial charge in [0.25, 0.3) is 0 Å². The first-order valence-electron chi connectivity index (χ1n) is 11.8. The molecule has 4 N–H and O–H groups in total. The van der Waals surface area contributed by atoms with Crippen molar-refractivity contribution in [2.24, 2.45) is 11.7 Å². The van der Waals surface area contributed by atoms with Crippen LogP contribution in [-0.4, -0.2) is 50.9 Å². The Morgan fingerprint density at radius 1 is 1.17 bits per heavy atom. The standard InChI is InChI=1S/C26H30IN5O3S/c1-18(30-36(34,35)24-12-9-22(27)10-13-24)25(33)32(17-19-5-4-14-31(16-19)26(28)29)23-11-8-20-6-2-3-7-21(20)15-23/h2-3,6-13,15,18-19,30H,4-5,14,16-17H2,1H3,(H3,28,29)/t18-,19+/m1/s1. The number of halogens is 1. The third-order valence-corrected chi connectivity index (χ3v) is 8.71. The number of likely N-dealkylation sites (tertiary alicyclic amines) is 1. The maximum Gasteiger partial charge on any atom is 0.244 e. The Morgan fingerprint density at radius 3 is 2.56 bits per heavy atom. The van der Waals surface area contributed by atoms with E-state index in [4.69, 9.17) is 11.1 Å². The monoisotopic (exact) mass is 619 g/mol. The van der Waals surface area contributed by atoms with Gasteiger partial charge in [0.2, 0.25) is 15.9 Å². The van der Waals surface area contributed by atoms with Gasteiger partial charge in [-0.25, -0.2) is 8.42 Å². The van der Waals surface area contributed by atoms with Gasteiger partial charge in [0.05, 0.1) is 10.9 Å². The molecule has 0 saturated carbocycles. The molecule has 0 radical (unpaired) electrons. The number of nitrogens with one attached hydrogen (secondary N) is 2. The maximum absolute atomic E-state index is 13.7. The molecule has 3 aromatic rings. The number of nitrogens with two attached hydrogens (primary N) is 1. The molecule has 0 unspecified atom stereocenters. The second-order valence-electron chi connectivity index (χ2n) is 9.12. The molecule has 36 heavy (non-hydrogen) atoms. The highest BCUT2D eigenvalue weighted by Crippen LogP contribution is 2.26. The summed E-state index contributed by atoms with van der Waals surface area (Å²) in [5.41, 5.74) is 6.43. The number of carbonyl (C=O) groups is 1. The first kappa shape index (κ1) is 26.4. The van der Waals surface area contributed by atoms with E-state index in [1.54, 1.807) is 24.0 Å². The average molecular weight is 620 g/mol. The molecule has 10 heteroatoms. The van der Waals surface area contributed by atoms with E-state index in [2.05, 4.69) is 27.3 Å². The van der Waals surface area contributed by atoms with Crippen LogP contribution >= 0.6 is 22.6 Å². The number of sulfonamides is 1. The summed E-state index contributed by atoms with van der Waals surface area (Å²) in [6.07, 6.45) is 1.77. The van der Waals surface area contributed by atoms with Crippen LogP contribution in [0.2, 0.25) is 0 Å². The van der Waals surface area contributed by atoms with Crippen LogP contribution in [0.25, 0.3) is 10.8 Å². The van der Waals surface area contributed by atoms with Gasteiger partial charge >= 0.3 is 0 Å². The van der Waals surface area contributed by atoms with Gasteiger partial charge in [0.1, 0.15) is 0 Å². The largest absolute Gasteiger partial charge is 0.370 e. The summed E-state index contributed by atoms with van der Waals surface area (Å²) in [5, 5.41) is 9.86. The van der Waals surface area contributed by atoms with Crippen LogP contribution in [0.5, 0.6) is 0 Å². The quantitative estimate of drug-likeness (QED) is 0.212. The summed E-state index contributed by atoms with van der Waals surface area (Å²) in [4.78, 5) is 17.4. The number of hydrogen-bond acceptors (Lipinski definition) is 4. The SMILES string of the molecule is C[C@@H](NS(=O)(=O)c1ccc(I)cc1)C(=O)N(C[C@H]1CCCN(C(=N)N)C1)c1ccc2ccccc2c1. The van der Waals surface area contributed by atoms with E-state index in [9.17, 15) is 13.2 Å². The number of piperidine rings is 1. The predicted octanol–water partition coefficient (Wildman–Crippen LogP) is 3.75. The molecule has 1 aliphatic rings. The third kappa shape index (κ3) is 6.16. The van der Waals surface area contributed by atoms with Crippen molar-refractivity contribution in [2.75, 3.05) is 24.5 Å². The van der Waals surface area contributed by atoms with Crippen molar-refractivity contribution in [1.29, 1.82) is 5.41 Å². The van der Waals surface area contributed by atoms with Gasteiger partial charge in [-0.2, -0.15) is 4.72 Å². The normalized spacial score (nSPS) is 17.1. The number of hydrogen-bond donors (Lipinski definition) is 3. The van der Waals surface area contributed by atoms with Crippen molar-refractivity contribution in [2.45, 2.75) is 30.7 Å². The van der Waals surface area contributed by atoms with Gasteiger partial charge in [-0.3, -0.25) is 10.2 Å². The molecule has 0 aromatic heterocycles. The van der Waals surface area contributed by atoms with Gasteiger partial charge in [0, 0.05) is 28.9 Å². The second kappa shape index (κ2) is 11.1. The van der Waals surface area contributed by atoms with E-state index in [0.717, 1.165) is 33.7 Å². The summed E-state index contributed by atoms with van der Waals surface area (Å²) in [6.45, 7) is 3.28. The fraction of sp³-hybridized carbons (Fsp3) is 0.308. The minimum absolute atomic E-state index is 0.0296. The fourth-order valence-electron chi connectivity index (χ4n) is 4.56. The third-order valence-electron chi connectivity index (χ3n) is 6.44. The van der Waals surface area contributed by atoms with Crippen LogP contribution < -0.4 is 15.4 Å². The summed E-state index contributed by atoms with van der Waals surface area (Å²) < 4.78 is 29.4. The highest BCUT2D eigenvalue weighted by atomic mass is 127. The zero-order valence-electron chi connectivity index (χ0n) is 20.0. The topological polar surface area (TPSA) is 120 Å². The Kier molecular flexibility index (Phi) is 8.16. The molecule has 1 aliphatic heterocycles. The van der Waals surface area contributed by atoms with Crippen LogP contribution in [-0.2, 0) is 14.8 Å². The van der Waals surface area contributed by atoms with Crippen molar-refractivity contribution in [1.82, 2.24) is 9.62 Å². The fourth-order valence-corrected chi connectivity index (χ4v) is 6.11. The molecular formula is C26H30IN5O3S. The zero-order valence-corrected chi connectivity index (χ0v) is 23.0. The van der Waals surface area contributed by atoms with E-state index in [-0.39, 0.29) is 22.7 Å². The number of rotatable bonds is 7. The van der Waals surface area contributed by atoms with Crippen LogP contribution in [0.4, 0.5) is 5.69 Å². The van der Waals surface area contributed by atoms with E-state index in [1.165, 1.54) is 12.1 Å². The molecule has 1 fully saturated rings. The Bertz CT molecular complexity index is 1360. The van der Waals surface area contributed by atoms with Crippen molar-refractivity contribution >= 4 is 60.9 Å². The Hall–Kier alpha value is -2.70. The Balaban J connectivity index is 1.61. The number of fused-ring (bicyclic) bond motifs is 1. The number of carbonyl (C=O) groups excluding carboxylic acids is 1. The molecule has 3 aromatic carbocycles. The number of benzene rings is 3. The number of anilines is 1. The Labute approximate surface area is 225 Å². The minimum atomic E-state index is -3.88. The molecule has 0 bridgehead atoms. The molecule has 8 nitrogen and oxygen atoms in total. The molecule has 0 spiro atoms. The van der Waals surface area contributed by atoms with Crippen molar-refractivity contribution in [3.63, 3.8) is 0 Å². The van der Waals surface area contributed by atoms with Crippen molar-refractivity contribution in [3.05, 3.63) is 70.3 Å². The second-order valence-corrected chi connectivity index (χ2v) is 12.1. The van der Waals surface area contributed by atoms with Crippen molar-refractivity contribution < 1.29 is 13.2 Å². The van der Waals surface area contributed by atoms with E-state index >= 15 is 0 Å². The van der Waals surface area contributed by atoms with Crippen LogP contribution in [0.15, 0.2) is 71.6 Å². The smallest absolute Gasteiger partial charge is 0.244 e. The molecule has 1 saturated heterocycles. The van der Waals surface area contributed by atoms with Gasteiger partial charge in [-0.05, 0) is 95.4 Å². The molecule has 0 aliphatic carbocycles. The molecule has 1 amide bonds. The summed E-state index contributed by atoms with van der Waals surface area (Å²) >= 11 is 2.11. The molecular weight excluding hydrogens is 589 g/mol. The zero-order chi connectivity index (χ0) is 25.9. The highest BCUT2D eigenvalue weighted by Gasteiger charge is 2.30. The van der Waals surface area contributed by atoms with Crippen LogP contribution in [0.3, 0.4) is 0 Å². The Morgan fingerprint density at radius 2 is 1.86 bits per heavy atom. The number of amides is 1. The van der Waals surface area contributed by atoms with Gasteiger partial charge < -0.3 is 15.5 Å². The summed E-state index contributed by atoms with van der Waals surface area (Å²) in [6, 6.07) is 19.2. The number of guanidine groups is 1. The number of nitrogens with zero attached hydrogens (tertiary/aromatic N) is 2. The van der Waals surface area contributed by atoms with E-state index in [0.29, 0.717) is 18.8 Å². The van der Waals surface area contributed by atoms with Crippen molar-refractivity contribution in [3.8, 4) is 0 Å². The van der Waals surface area contributed by atoms with Crippen LogP contribution in [0.1, 0.15) is 19.8 Å². The van der Waals surface area contributed by atoms with Gasteiger partial charge in [-0.1, -0.05) is 30.3 Å². The first-order chi connectivity index (χ1) is 17.1. The van der Waals surface area contributed by atoms with Crippen LogP contribution in [0, 0.1) is 14.9 Å². The molecule has 4 rings (SSSR count). The predicted molar refractivity (Wildman–Crippen MR) is 151 cm³/mol. The molecule has 190 valence electrons. The lowest BCUT2D eigenvalue weighted by Gasteiger charge is -2.36. The lowest BCUT2D eigenvalue weighted by molar-refractivity contribution is -0.120. The maximum atomic E-state index is 13.7. The molecule has 1 heterocycles. The molecule has 2 atom stereocenters. The summed E-state index contributed by atoms with van der Waals surface area (Å²) in [5.74, 6) is -0.209. The van der Waals surface area contributed by atoms with E-state index < -0.39 is 16.1 Å². The van der Waals surface area contributed by atoms with E-state index in [1.807, 2.05) is 47.4 Å². The summed E-state index contributed by atoms with van der Waals surface area (Å²) in [7, 11) is -3.88. The van der Waals surface area contributed by atoms with Gasteiger partial charge in [-0.15, -0.1) is 0 Å².